The molecule has 0 aliphatic heterocycles. The van der Waals surface area contributed by atoms with Gasteiger partial charge in [0.1, 0.15) is 5.82 Å². The number of aromatic nitrogens is 1. The number of rotatable bonds is 2. The number of ketones is 1. The molecule has 0 fully saturated rings. The fraction of sp³-hybridized carbons (Fsp3) is 0.167. The predicted molar refractivity (Wildman–Crippen MR) is 67.3 cm³/mol. The molecule has 5 heteroatoms. The molecule has 2 aromatic rings. The van der Waals surface area contributed by atoms with Gasteiger partial charge in [-0.3, -0.25) is 4.79 Å². The number of benzene rings is 1. The fourth-order valence-electron chi connectivity index (χ4n) is 1.40. The standard InChI is InChI=1S/C12H9ClFNOS/c1-6-3-9(13)8(4-10(6)14)11-5-17-12(15-11)7(2)16/h3-5H,1-2H3. The van der Waals surface area contributed by atoms with Gasteiger partial charge in [-0.1, -0.05) is 11.6 Å². The summed E-state index contributed by atoms with van der Waals surface area (Å²) >= 11 is 7.27. The fourth-order valence-corrected chi connectivity index (χ4v) is 2.44. The van der Waals surface area contributed by atoms with E-state index in [0.29, 0.717) is 26.9 Å². The minimum absolute atomic E-state index is 0.107. The second kappa shape index (κ2) is 4.55. The van der Waals surface area contributed by atoms with Crippen molar-refractivity contribution in [2.45, 2.75) is 13.8 Å². The Bertz CT molecular complexity index is 594. The second-order valence-electron chi connectivity index (χ2n) is 3.68. The van der Waals surface area contributed by atoms with Crippen LogP contribution in [0.2, 0.25) is 5.02 Å². The lowest BCUT2D eigenvalue weighted by Gasteiger charge is -2.03. The summed E-state index contributed by atoms with van der Waals surface area (Å²) in [4.78, 5) is 15.3. The highest BCUT2D eigenvalue weighted by atomic mass is 35.5. The molecule has 0 saturated heterocycles. The number of hydrogen-bond donors (Lipinski definition) is 0. The zero-order chi connectivity index (χ0) is 12.6. The molecule has 2 rings (SSSR count). The molecule has 88 valence electrons. The molecule has 0 bridgehead atoms. The molecule has 1 aromatic heterocycles. The van der Waals surface area contributed by atoms with E-state index in [1.165, 1.54) is 24.3 Å². The van der Waals surface area contributed by atoms with Crippen molar-refractivity contribution in [3.8, 4) is 11.3 Å². The summed E-state index contributed by atoms with van der Waals surface area (Å²) in [5.74, 6) is -0.438. The van der Waals surface area contributed by atoms with E-state index in [1.54, 1.807) is 18.4 Å². The lowest BCUT2D eigenvalue weighted by molar-refractivity contribution is 0.101. The van der Waals surface area contributed by atoms with E-state index >= 15 is 0 Å². The van der Waals surface area contributed by atoms with Crippen molar-refractivity contribution in [2.75, 3.05) is 0 Å². The van der Waals surface area contributed by atoms with Crippen molar-refractivity contribution >= 4 is 28.7 Å². The van der Waals surface area contributed by atoms with E-state index < -0.39 is 0 Å². The molecule has 0 aliphatic carbocycles. The third-order valence-corrected chi connectivity index (χ3v) is 3.59. The minimum Gasteiger partial charge on any atom is -0.292 e. The van der Waals surface area contributed by atoms with Crippen LogP contribution in [0.1, 0.15) is 22.3 Å². The van der Waals surface area contributed by atoms with Gasteiger partial charge in [-0.15, -0.1) is 11.3 Å². The van der Waals surface area contributed by atoms with Crippen LogP contribution in [0.4, 0.5) is 4.39 Å². The zero-order valence-corrected chi connectivity index (χ0v) is 10.8. The van der Waals surface area contributed by atoms with E-state index in [4.69, 9.17) is 11.6 Å². The van der Waals surface area contributed by atoms with Crippen molar-refractivity contribution in [3.63, 3.8) is 0 Å². The van der Waals surface area contributed by atoms with Crippen LogP contribution in [0.5, 0.6) is 0 Å². The van der Waals surface area contributed by atoms with Crippen molar-refractivity contribution in [2.24, 2.45) is 0 Å². The Hall–Kier alpha value is -1.26. The molecular formula is C12H9ClFNOS. The van der Waals surface area contributed by atoms with Gasteiger partial charge in [0.25, 0.3) is 0 Å². The average molecular weight is 270 g/mol. The van der Waals surface area contributed by atoms with E-state index in [1.807, 2.05) is 0 Å². The van der Waals surface area contributed by atoms with Crippen molar-refractivity contribution in [3.05, 3.63) is 38.9 Å². The third kappa shape index (κ3) is 2.37. The SMILES string of the molecule is CC(=O)c1nc(-c2cc(F)c(C)cc2Cl)cs1. The van der Waals surface area contributed by atoms with Crippen LogP contribution in [0, 0.1) is 12.7 Å². The Balaban J connectivity index is 2.52. The van der Waals surface area contributed by atoms with E-state index in [9.17, 15) is 9.18 Å². The summed E-state index contributed by atoms with van der Waals surface area (Å²) in [6.07, 6.45) is 0. The molecule has 0 atom stereocenters. The van der Waals surface area contributed by atoms with Gasteiger partial charge in [0, 0.05) is 17.9 Å². The smallest absolute Gasteiger partial charge is 0.188 e. The molecular weight excluding hydrogens is 261 g/mol. The first kappa shape index (κ1) is 12.2. The number of carbonyl (C=O) groups is 1. The maximum atomic E-state index is 13.5. The van der Waals surface area contributed by atoms with Gasteiger partial charge in [0.05, 0.1) is 10.7 Å². The van der Waals surface area contributed by atoms with Crippen molar-refractivity contribution < 1.29 is 9.18 Å². The predicted octanol–water partition coefficient (Wildman–Crippen LogP) is 4.11. The first-order chi connectivity index (χ1) is 7.99. The number of carbonyl (C=O) groups excluding carboxylic acids is 1. The van der Waals surface area contributed by atoms with Gasteiger partial charge in [0.15, 0.2) is 10.8 Å². The summed E-state index contributed by atoms with van der Waals surface area (Å²) in [5, 5.41) is 2.54. The summed E-state index contributed by atoms with van der Waals surface area (Å²) in [7, 11) is 0. The number of halogens is 2. The highest BCUT2D eigenvalue weighted by Gasteiger charge is 2.12. The van der Waals surface area contributed by atoms with E-state index in [0.717, 1.165) is 0 Å². The molecule has 0 spiro atoms. The monoisotopic (exact) mass is 269 g/mol. The molecule has 1 aromatic carbocycles. The molecule has 1 heterocycles. The molecule has 0 N–H and O–H groups in total. The Labute approximate surface area is 107 Å². The van der Waals surface area contributed by atoms with Crippen molar-refractivity contribution in [1.29, 1.82) is 0 Å². The molecule has 0 aliphatic rings. The lowest BCUT2D eigenvalue weighted by atomic mass is 10.1. The summed E-state index contributed by atoms with van der Waals surface area (Å²) < 4.78 is 13.5. The number of aryl methyl sites for hydroxylation is 1. The van der Waals surface area contributed by atoms with Crippen molar-refractivity contribution in [1.82, 2.24) is 4.98 Å². The van der Waals surface area contributed by atoms with Gasteiger partial charge < -0.3 is 0 Å². The Morgan fingerprint density at radius 3 is 2.76 bits per heavy atom. The Morgan fingerprint density at radius 1 is 1.47 bits per heavy atom. The summed E-state index contributed by atoms with van der Waals surface area (Å²) in [6, 6.07) is 2.90. The number of thiazole rings is 1. The van der Waals surface area contributed by atoms with Crippen LogP contribution >= 0.6 is 22.9 Å². The first-order valence-electron chi connectivity index (χ1n) is 4.91. The highest BCUT2D eigenvalue weighted by molar-refractivity contribution is 7.12. The zero-order valence-electron chi connectivity index (χ0n) is 9.25. The van der Waals surface area contributed by atoms with Crippen LogP contribution in [0.15, 0.2) is 17.5 Å². The van der Waals surface area contributed by atoms with Crippen LogP contribution in [0.3, 0.4) is 0 Å². The Kier molecular flexibility index (Phi) is 3.26. The molecule has 17 heavy (non-hydrogen) atoms. The second-order valence-corrected chi connectivity index (χ2v) is 4.94. The van der Waals surface area contributed by atoms with Gasteiger partial charge in [-0.2, -0.15) is 0 Å². The van der Waals surface area contributed by atoms with Crippen LogP contribution in [0.25, 0.3) is 11.3 Å². The van der Waals surface area contributed by atoms with Gasteiger partial charge in [-0.25, -0.2) is 9.37 Å². The average Bonchev–Trinajstić information content (AvgIpc) is 2.72. The Morgan fingerprint density at radius 2 is 2.18 bits per heavy atom. The van der Waals surface area contributed by atoms with Crippen LogP contribution < -0.4 is 0 Å². The minimum atomic E-state index is -0.332. The van der Waals surface area contributed by atoms with Crippen LogP contribution in [-0.2, 0) is 0 Å². The normalized spacial score (nSPS) is 10.6. The molecule has 0 unspecified atom stereocenters. The topological polar surface area (TPSA) is 30.0 Å². The van der Waals surface area contributed by atoms with Crippen LogP contribution in [-0.4, -0.2) is 10.8 Å². The van der Waals surface area contributed by atoms with Gasteiger partial charge >= 0.3 is 0 Å². The molecule has 0 amide bonds. The molecule has 0 radical (unpaired) electrons. The third-order valence-electron chi connectivity index (χ3n) is 2.33. The molecule has 0 saturated carbocycles. The summed E-state index contributed by atoms with van der Waals surface area (Å²) in [6.45, 7) is 3.09. The largest absolute Gasteiger partial charge is 0.292 e. The quantitative estimate of drug-likeness (QED) is 0.768. The maximum absolute atomic E-state index is 13.5. The lowest BCUT2D eigenvalue weighted by Crippen LogP contribution is -1.91. The van der Waals surface area contributed by atoms with Gasteiger partial charge in [-0.05, 0) is 24.6 Å². The molecule has 2 nitrogen and oxygen atoms in total. The number of Topliss-reactive ketones (excluding diaryl/α,β-unsaturated/α-hetero) is 1. The maximum Gasteiger partial charge on any atom is 0.188 e. The van der Waals surface area contributed by atoms with Gasteiger partial charge in [0.2, 0.25) is 0 Å². The highest BCUT2D eigenvalue weighted by Crippen LogP contribution is 2.31. The first-order valence-corrected chi connectivity index (χ1v) is 6.17. The summed E-state index contributed by atoms with van der Waals surface area (Å²) in [5.41, 5.74) is 1.53. The van der Waals surface area contributed by atoms with E-state index in [2.05, 4.69) is 4.98 Å². The van der Waals surface area contributed by atoms with E-state index in [-0.39, 0.29) is 11.6 Å². The number of hydrogen-bond acceptors (Lipinski definition) is 3. The number of nitrogens with zero attached hydrogens (tertiary/aromatic N) is 1.